The van der Waals surface area contributed by atoms with Crippen molar-refractivity contribution in [3.8, 4) is 11.1 Å². The fourth-order valence-electron chi connectivity index (χ4n) is 3.11. The fourth-order valence-corrected chi connectivity index (χ4v) is 4.08. The Morgan fingerprint density at radius 3 is 2.63 bits per heavy atom. The zero-order valence-electron chi connectivity index (χ0n) is 14.8. The smallest absolute Gasteiger partial charge is 0.260 e. The molecule has 0 spiro atoms. The maximum Gasteiger partial charge on any atom is 0.260 e. The molecule has 0 bridgehead atoms. The lowest BCUT2D eigenvalue weighted by molar-refractivity contribution is -0.708. The minimum absolute atomic E-state index is 0.156. The normalized spacial score (nSPS) is 12.4. The molecule has 136 valence electrons. The van der Waals surface area contributed by atoms with Crippen LogP contribution < -0.4 is 10.9 Å². The largest absolute Gasteiger partial charge is 0.334 e. The summed E-state index contributed by atoms with van der Waals surface area (Å²) in [7, 11) is 0. The third-order valence-corrected chi connectivity index (χ3v) is 5.51. The molecule has 0 radical (unpaired) electrons. The van der Waals surface area contributed by atoms with Crippen molar-refractivity contribution in [2.75, 3.05) is 0 Å². The SMILES string of the molecule is C[C@@H]([NH2+]Cc1nc2scc(-c3ccc(F)cc3)c2c(=O)[nH]1)c1ccccc1. The minimum Gasteiger partial charge on any atom is -0.334 e. The van der Waals surface area contributed by atoms with E-state index in [2.05, 4.69) is 34.3 Å². The molecule has 4 aromatic rings. The van der Waals surface area contributed by atoms with E-state index in [9.17, 15) is 9.18 Å². The number of aromatic nitrogens is 2. The molecule has 0 fully saturated rings. The predicted molar refractivity (Wildman–Crippen MR) is 106 cm³/mol. The van der Waals surface area contributed by atoms with Gasteiger partial charge in [-0.15, -0.1) is 11.3 Å². The first kappa shape index (κ1) is 17.6. The van der Waals surface area contributed by atoms with Crippen LogP contribution in [0.2, 0.25) is 0 Å². The van der Waals surface area contributed by atoms with Gasteiger partial charge in [-0.1, -0.05) is 42.5 Å². The van der Waals surface area contributed by atoms with Crippen LogP contribution in [0.4, 0.5) is 4.39 Å². The summed E-state index contributed by atoms with van der Waals surface area (Å²) in [6, 6.07) is 16.7. The highest BCUT2D eigenvalue weighted by Crippen LogP contribution is 2.30. The Morgan fingerprint density at radius 2 is 1.89 bits per heavy atom. The molecule has 4 nitrogen and oxygen atoms in total. The Hall–Kier alpha value is -2.83. The molecule has 0 aliphatic heterocycles. The van der Waals surface area contributed by atoms with Crippen molar-refractivity contribution >= 4 is 21.6 Å². The molecule has 0 unspecified atom stereocenters. The highest BCUT2D eigenvalue weighted by atomic mass is 32.1. The van der Waals surface area contributed by atoms with Gasteiger partial charge in [0.1, 0.15) is 23.2 Å². The molecular formula is C21H19FN3OS+. The molecule has 1 atom stereocenters. The average molecular weight is 380 g/mol. The van der Waals surface area contributed by atoms with Gasteiger partial charge in [0, 0.05) is 16.5 Å². The van der Waals surface area contributed by atoms with E-state index in [1.807, 2.05) is 23.6 Å². The first-order valence-corrected chi connectivity index (χ1v) is 9.64. The van der Waals surface area contributed by atoms with Crippen molar-refractivity contribution in [1.29, 1.82) is 0 Å². The third-order valence-electron chi connectivity index (χ3n) is 4.64. The highest BCUT2D eigenvalue weighted by molar-refractivity contribution is 7.17. The van der Waals surface area contributed by atoms with E-state index in [0.29, 0.717) is 22.6 Å². The summed E-state index contributed by atoms with van der Waals surface area (Å²) in [6.45, 7) is 2.72. The third kappa shape index (κ3) is 3.67. The molecule has 0 amide bonds. The van der Waals surface area contributed by atoms with Gasteiger partial charge >= 0.3 is 0 Å². The standard InChI is InChI=1S/C21H18FN3OS/c1-13(14-5-3-2-4-6-14)23-11-18-24-20(26)19-17(12-27-21(19)25-18)15-7-9-16(22)10-8-15/h2-10,12-13,23H,11H2,1H3,(H,24,25,26)/p+1/t13-/m1/s1. The van der Waals surface area contributed by atoms with Gasteiger partial charge in [-0.25, -0.2) is 9.37 Å². The van der Waals surface area contributed by atoms with Crippen molar-refractivity contribution in [1.82, 2.24) is 9.97 Å². The molecule has 2 aromatic carbocycles. The van der Waals surface area contributed by atoms with Crippen LogP contribution in [0.5, 0.6) is 0 Å². The number of hydrogen-bond acceptors (Lipinski definition) is 3. The summed E-state index contributed by atoms with van der Waals surface area (Å²) in [6.07, 6.45) is 0. The number of thiophene rings is 1. The summed E-state index contributed by atoms with van der Waals surface area (Å²) < 4.78 is 13.2. The van der Waals surface area contributed by atoms with Crippen LogP contribution >= 0.6 is 11.3 Å². The number of rotatable bonds is 5. The highest BCUT2D eigenvalue weighted by Gasteiger charge is 2.15. The lowest BCUT2D eigenvalue weighted by Crippen LogP contribution is -2.83. The zero-order valence-corrected chi connectivity index (χ0v) is 15.6. The number of aromatic amines is 1. The van der Waals surface area contributed by atoms with E-state index >= 15 is 0 Å². The van der Waals surface area contributed by atoms with Gasteiger partial charge in [0.2, 0.25) is 0 Å². The van der Waals surface area contributed by atoms with Gasteiger partial charge in [-0.05, 0) is 24.6 Å². The lowest BCUT2D eigenvalue weighted by Gasteiger charge is -2.10. The molecule has 27 heavy (non-hydrogen) atoms. The maximum absolute atomic E-state index is 13.2. The number of hydrogen-bond donors (Lipinski definition) is 2. The van der Waals surface area contributed by atoms with Crippen LogP contribution in [0.15, 0.2) is 64.8 Å². The van der Waals surface area contributed by atoms with Crippen LogP contribution in [0.25, 0.3) is 21.3 Å². The van der Waals surface area contributed by atoms with E-state index in [1.165, 1.54) is 29.0 Å². The van der Waals surface area contributed by atoms with Crippen molar-refractivity contribution in [3.05, 3.63) is 87.5 Å². The monoisotopic (exact) mass is 380 g/mol. The topological polar surface area (TPSA) is 62.4 Å². The second-order valence-corrected chi connectivity index (χ2v) is 7.35. The summed E-state index contributed by atoms with van der Waals surface area (Å²) in [4.78, 5) is 20.9. The molecule has 2 aromatic heterocycles. The van der Waals surface area contributed by atoms with Gasteiger partial charge in [-0.2, -0.15) is 0 Å². The molecule has 6 heteroatoms. The Bertz CT molecular complexity index is 1120. The van der Waals surface area contributed by atoms with Crippen molar-refractivity contribution in [2.45, 2.75) is 19.5 Å². The van der Waals surface area contributed by atoms with E-state index < -0.39 is 0 Å². The Morgan fingerprint density at radius 1 is 1.15 bits per heavy atom. The molecule has 2 heterocycles. The van der Waals surface area contributed by atoms with Gasteiger partial charge in [0.25, 0.3) is 5.56 Å². The molecular weight excluding hydrogens is 361 g/mol. The molecule has 0 aliphatic rings. The average Bonchev–Trinajstić information content (AvgIpc) is 3.12. The van der Waals surface area contributed by atoms with E-state index in [4.69, 9.17) is 0 Å². The summed E-state index contributed by atoms with van der Waals surface area (Å²) in [5.74, 6) is 0.360. The van der Waals surface area contributed by atoms with Crippen molar-refractivity contribution in [2.24, 2.45) is 0 Å². The summed E-state index contributed by atoms with van der Waals surface area (Å²) in [5, 5.41) is 4.61. The number of halogens is 1. The first-order chi connectivity index (χ1) is 13.1. The molecule has 3 N–H and O–H groups in total. The molecule has 0 saturated heterocycles. The number of fused-ring (bicyclic) bond motifs is 1. The van der Waals surface area contributed by atoms with Crippen molar-refractivity contribution < 1.29 is 9.71 Å². The predicted octanol–water partition coefficient (Wildman–Crippen LogP) is 3.62. The van der Waals surface area contributed by atoms with Crippen LogP contribution in [-0.2, 0) is 6.54 Å². The number of benzene rings is 2. The van der Waals surface area contributed by atoms with Gasteiger partial charge < -0.3 is 10.3 Å². The van der Waals surface area contributed by atoms with E-state index in [-0.39, 0.29) is 17.4 Å². The Kier molecular flexibility index (Phi) is 4.83. The Labute approximate surface area is 159 Å². The number of quaternary nitrogens is 1. The Balaban J connectivity index is 1.59. The van der Waals surface area contributed by atoms with Crippen LogP contribution in [0.3, 0.4) is 0 Å². The summed E-state index contributed by atoms with van der Waals surface area (Å²) in [5.41, 5.74) is 2.68. The zero-order chi connectivity index (χ0) is 18.8. The van der Waals surface area contributed by atoms with Crippen LogP contribution in [-0.4, -0.2) is 9.97 Å². The molecule has 4 rings (SSSR count). The second kappa shape index (κ2) is 7.42. The van der Waals surface area contributed by atoms with Crippen molar-refractivity contribution in [3.63, 3.8) is 0 Å². The second-order valence-electron chi connectivity index (χ2n) is 6.49. The number of nitrogens with one attached hydrogen (secondary N) is 1. The first-order valence-electron chi connectivity index (χ1n) is 8.76. The van der Waals surface area contributed by atoms with Gasteiger partial charge in [-0.3, -0.25) is 4.79 Å². The number of nitrogens with zero attached hydrogens (tertiary/aromatic N) is 1. The number of H-pyrrole nitrogens is 1. The van der Waals surface area contributed by atoms with Gasteiger partial charge in [0.15, 0.2) is 5.82 Å². The number of nitrogens with two attached hydrogens (primary N) is 1. The molecule has 0 saturated carbocycles. The quantitative estimate of drug-likeness (QED) is 0.556. The van der Waals surface area contributed by atoms with E-state index in [0.717, 1.165) is 11.1 Å². The molecule has 0 aliphatic carbocycles. The van der Waals surface area contributed by atoms with Crippen LogP contribution in [0.1, 0.15) is 24.4 Å². The fraction of sp³-hybridized carbons (Fsp3) is 0.143. The lowest BCUT2D eigenvalue weighted by atomic mass is 10.1. The van der Waals surface area contributed by atoms with Crippen LogP contribution in [0, 0.1) is 5.82 Å². The minimum atomic E-state index is -0.296. The van der Waals surface area contributed by atoms with Gasteiger partial charge in [0.05, 0.1) is 5.39 Å². The van der Waals surface area contributed by atoms with E-state index in [1.54, 1.807) is 12.1 Å². The maximum atomic E-state index is 13.2. The summed E-state index contributed by atoms with van der Waals surface area (Å²) >= 11 is 1.43.